The fourth-order valence-corrected chi connectivity index (χ4v) is 3.52. The van der Waals surface area contributed by atoms with Crippen LogP contribution in [0, 0.1) is 11.3 Å². The van der Waals surface area contributed by atoms with Gasteiger partial charge in [0.1, 0.15) is 0 Å². The molecule has 1 saturated carbocycles. The van der Waals surface area contributed by atoms with Crippen molar-refractivity contribution < 1.29 is 4.79 Å². The summed E-state index contributed by atoms with van der Waals surface area (Å²) in [5, 5.41) is 0. The molecule has 1 aliphatic rings. The lowest BCUT2D eigenvalue weighted by Gasteiger charge is -2.34. The number of carbonyl (C=O) groups excluding carboxylic acids is 1. The highest BCUT2D eigenvalue weighted by Crippen LogP contribution is 2.44. The fourth-order valence-electron chi connectivity index (χ4n) is 3.52. The SMILES string of the molecule is CC(C)CC1(C(=O)N(C)CCCCCN)CCCC1. The summed E-state index contributed by atoms with van der Waals surface area (Å²) in [7, 11) is 1.98. The monoisotopic (exact) mass is 268 g/mol. The van der Waals surface area contributed by atoms with E-state index in [1.807, 2.05) is 11.9 Å². The normalized spacial score (nSPS) is 17.9. The zero-order valence-corrected chi connectivity index (χ0v) is 13.1. The zero-order chi connectivity index (χ0) is 14.3. The van der Waals surface area contributed by atoms with Crippen molar-refractivity contribution >= 4 is 5.91 Å². The molecule has 0 atom stereocenters. The van der Waals surface area contributed by atoms with Crippen molar-refractivity contribution in [2.24, 2.45) is 17.1 Å². The summed E-state index contributed by atoms with van der Waals surface area (Å²) in [5.74, 6) is 0.999. The zero-order valence-electron chi connectivity index (χ0n) is 13.1. The van der Waals surface area contributed by atoms with Gasteiger partial charge in [-0.3, -0.25) is 4.79 Å². The lowest BCUT2D eigenvalue weighted by Crippen LogP contribution is -2.41. The molecule has 1 rings (SSSR count). The first-order chi connectivity index (χ1) is 9.02. The van der Waals surface area contributed by atoms with Gasteiger partial charge in [0.05, 0.1) is 0 Å². The Morgan fingerprint density at radius 2 is 1.84 bits per heavy atom. The molecule has 0 heterocycles. The molecular formula is C16H32N2O. The molecule has 1 amide bonds. The van der Waals surface area contributed by atoms with Gasteiger partial charge in [-0.25, -0.2) is 0 Å². The molecule has 2 N–H and O–H groups in total. The molecule has 0 aromatic carbocycles. The van der Waals surface area contributed by atoms with Gasteiger partial charge in [0.15, 0.2) is 0 Å². The Morgan fingerprint density at radius 1 is 1.21 bits per heavy atom. The number of unbranched alkanes of at least 4 members (excludes halogenated alkanes) is 2. The van der Waals surface area contributed by atoms with E-state index < -0.39 is 0 Å². The third kappa shape index (κ3) is 4.79. The van der Waals surface area contributed by atoms with Crippen LogP contribution >= 0.6 is 0 Å². The van der Waals surface area contributed by atoms with Gasteiger partial charge in [-0.05, 0) is 44.6 Å². The predicted molar refractivity (Wildman–Crippen MR) is 80.9 cm³/mol. The van der Waals surface area contributed by atoms with Gasteiger partial charge >= 0.3 is 0 Å². The maximum Gasteiger partial charge on any atom is 0.228 e. The Morgan fingerprint density at radius 3 is 2.37 bits per heavy atom. The van der Waals surface area contributed by atoms with Crippen molar-refractivity contribution in [2.75, 3.05) is 20.1 Å². The maximum absolute atomic E-state index is 12.8. The summed E-state index contributed by atoms with van der Waals surface area (Å²) in [6.07, 6.45) is 8.97. The maximum atomic E-state index is 12.8. The molecule has 1 fully saturated rings. The van der Waals surface area contributed by atoms with E-state index >= 15 is 0 Å². The first-order valence-corrected chi connectivity index (χ1v) is 7.97. The van der Waals surface area contributed by atoms with Gasteiger partial charge in [-0.15, -0.1) is 0 Å². The second kappa shape index (κ2) is 7.88. The summed E-state index contributed by atoms with van der Waals surface area (Å²) < 4.78 is 0. The van der Waals surface area contributed by atoms with Gasteiger partial charge in [-0.1, -0.05) is 33.1 Å². The van der Waals surface area contributed by atoms with Gasteiger partial charge in [0.2, 0.25) is 5.91 Å². The lowest BCUT2D eigenvalue weighted by molar-refractivity contribution is -0.141. The number of rotatable bonds is 8. The summed E-state index contributed by atoms with van der Waals surface area (Å²) in [5.41, 5.74) is 5.46. The third-order valence-electron chi connectivity index (χ3n) is 4.36. The molecule has 3 nitrogen and oxygen atoms in total. The van der Waals surface area contributed by atoms with Crippen LogP contribution in [0.2, 0.25) is 0 Å². The summed E-state index contributed by atoms with van der Waals surface area (Å²) in [6, 6.07) is 0. The minimum atomic E-state index is -0.0449. The third-order valence-corrected chi connectivity index (χ3v) is 4.36. The van der Waals surface area contributed by atoms with E-state index in [-0.39, 0.29) is 5.41 Å². The minimum absolute atomic E-state index is 0.0449. The molecule has 1 aliphatic carbocycles. The lowest BCUT2D eigenvalue weighted by atomic mass is 9.77. The molecule has 0 aromatic heterocycles. The molecular weight excluding hydrogens is 236 g/mol. The molecule has 0 radical (unpaired) electrons. The quantitative estimate of drug-likeness (QED) is 0.687. The second-order valence-corrected chi connectivity index (χ2v) is 6.66. The van der Waals surface area contributed by atoms with Crippen molar-refractivity contribution in [2.45, 2.75) is 65.2 Å². The number of nitrogens with two attached hydrogens (primary N) is 1. The Kier molecular flexibility index (Phi) is 6.84. The average molecular weight is 268 g/mol. The predicted octanol–water partition coefficient (Wildman–Crippen LogP) is 3.18. The topological polar surface area (TPSA) is 46.3 Å². The van der Waals surface area contributed by atoms with Crippen LogP contribution in [0.4, 0.5) is 0 Å². The Labute approximate surface area is 118 Å². The molecule has 3 heteroatoms. The Balaban J connectivity index is 2.51. The average Bonchev–Trinajstić information content (AvgIpc) is 2.82. The molecule has 0 bridgehead atoms. The highest BCUT2D eigenvalue weighted by Gasteiger charge is 2.42. The Bertz CT molecular complexity index is 270. The number of hydrogen-bond acceptors (Lipinski definition) is 2. The first-order valence-electron chi connectivity index (χ1n) is 7.97. The first kappa shape index (κ1) is 16.5. The second-order valence-electron chi connectivity index (χ2n) is 6.66. The standard InChI is InChI=1S/C16H32N2O/c1-14(2)13-16(9-5-6-10-16)15(19)18(3)12-8-4-7-11-17/h14H,4-13,17H2,1-3H3. The number of amides is 1. The highest BCUT2D eigenvalue weighted by molar-refractivity contribution is 5.82. The van der Waals surface area contributed by atoms with Crippen LogP contribution in [0.25, 0.3) is 0 Å². The molecule has 0 unspecified atom stereocenters. The summed E-state index contributed by atoms with van der Waals surface area (Å²) in [4.78, 5) is 14.7. The smallest absolute Gasteiger partial charge is 0.228 e. The number of nitrogens with zero attached hydrogens (tertiary/aromatic N) is 1. The summed E-state index contributed by atoms with van der Waals surface area (Å²) in [6.45, 7) is 6.11. The largest absolute Gasteiger partial charge is 0.345 e. The molecule has 0 aliphatic heterocycles. The fraction of sp³-hybridized carbons (Fsp3) is 0.938. The highest BCUT2D eigenvalue weighted by atomic mass is 16.2. The number of carbonyl (C=O) groups is 1. The van der Waals surface area contributed by atoms with Crippen molar-refractivity contribution in [1.29, 1.82) is 0 Å². The molecule has 0 spiro atoms. The van der Waals surface area contributed by atoms with E-state index in [2.05, 4.69) is 13.8 Å². The van der Waals surface area contributed by atoms with Crippen LogP contribution in [0.1, 0.15) is 65.2 Å². The van der Waals surface area contributed by atoms with E-state index in [0.29, 0.717) is 11.8 Å². The van der Waals surface area contributed by atoms with Crippen LogP contribution < -0.4 is 5.73 Å². The minimum Gasteiger partial charge on any atom is -0.345 e. The van der Waals surface area contributed by atoms with Gasteiger partial charge in [0.25, 0.3) is 0 Å². The van der Waals surface area contributed by atoms with Crippen LogP contribution in [0.3, 0.4) is 0 Å². The van der Waals surface area contributed by atoms with Crippen LogP contribution in [-0.2, 0) is 4.79 Å². The van der Waals surface area contributed by atoms with Crippen molar-refractivity contribution in [3.05, 3.63) is 0 Å². The van der Waals surface area contributed by atoms with E-state index in [0.717, 1.165) is 51.6 Å². The van der Waals surface area contributed by atoms with Gasteiger partial charge in [0, 0.05) is 19.0 Å². The van der Waals surface area contributed by atoms with E-state index in [9.17, 15) is 4.79 Å². The molecule has 0 saturated heterocycles. The van der Waals surface area contributed by atoms with Gasteiger partial charge in [-0.2, -0.15) is 0 Å². The van der Waals surface area contributed by atoms with Crippen LogP contribution in [0.15, 0.2) is 0 Å². The molecule has 112 valence electrons. The molecule has 19 heavy (non-hydrogen) atoms. The van der Waals surface area contributed by atoms with Crippen LogP contribution in [0.5, 0.6) is 0 Å². The van der Waals surface area contributed by atoms with E-state index in [1.165, 1.54) is 12.8 Å². The van der Waals surface area contributed by atoms with E-state index in [1.54, 1.807) is 0 Å². The van der Waals surface area contributed by atoms with Crippen molar-refractivity contribution in [3.8, 4) is 0 Å². The molecule has 0 aromatic rings. The summed E-state index contributed by atoms with van der Waals surface area (Å²) >= 11 is 0. The Hall–Kier alpha value is -0.570. The number of hydrogen-bond donors (Lipinski definition) is 1. The van der Waals surface area contributed by atoms with Gasteiger partial charge < -0.3 is 10.6 Å². The van der Waals surface area contributed by atoms with Crippen LogP contribution in [-0.4, -0.2) is 30.9 Å². The van der Waals surface area contributed by atoms with Crippen molar-refractivity contribution in [3.63, 3.8) is 0 Å². The van der Waals surface area contributed by atoms with E-state index in [4.69, 9.17) is 5.73 Å². The van der Waals surface area contributed by atoms with Crippen molar-refractivity contribution in [1.82, 2.24) is 4.90 Å².